The van der Waals surface area contributed by atoms with Gasteiger partial charge in [0, 0.05) is 31.7 Å². The molecule has 0 saturated carbocycles. The zero-order chi connectivity index (χ0) is 15.1. The smallest absolute Gasteiger partial charge is 0.409 e. The van der Waals surface area contributed by atoms with Gasteiger partial charge >= 0.3 is 6.09 Å². The number of carbonyl (C=O) groups excluding carboxylic acids is 1. The molecule has 5 nitrogen and oxygen atoms in total. The Balaban J connectivity index is 1.65. The van der Waals surface area contributed by atoms with Gasteiger partial charge in [-0.25, -0.2) is 4.79 Å². The lowest BCUT2D eigenvalue weighted by atomic mass is 9.99. The van der Waals surface area contributed by atoms with Gasteiger partial charge in [0.25, 0.3) is 0 Å². The molecule has 0 aliphatic carbocycles. The highest BCUT2D eigenvalue weighted by Crippen LogP contribution is 2.16. The summed E-state index contributed by atoms with van der Waals surface area (Å²) < 4.78 is 5.05. The first-order valence-electron chi connectivity index (χ1n) is 8.24. The van der Waals surface area contributed by atoms with E-state index in [4.69, 9.17) is 4.74 Å². The first-order valence-corrected chi connectivity index (χ1v) is 8.24. The van der Waals surface area contributed by atoms with E-state index in [-0.39, 0.29) is 6.09 Å². The van der Waals surface area contributed by atoms with Gasteiger partial charge in [0.1, 0.15) is 0 Å². The predicted octanol–water partition coefficient (Wildman–Crippen LogP) is 1.85. The van der Waals surface area contributed by atoms with E-state index in [1.54, 1.807) is 0 Å². The summed E-state index contributed by atoms with van der Waals surface area (Å²) in [6, 6.07) is 1.18. The van der Waals surface area contributed by atoms with Gasteiger partial charge in [0.15, 0.2) is 0 Å². The Labute approximate surface area is 128 Å². The summed E-state index contributed by atoms with van der Waals surface area (Å²) in [4.78, 5) is 15.9. The van der Waals surface area contributed by atoms with Crippen molar-refractivity contribution in [3.8, 4) is 0 Å². The van der Waals surface area contributed by atoms with Crippen LogP contribution in [0.1, 0.15) is 32.6 Å². The third-order valence-electron chi connectivity index (χ3n) is 4.47. The molecule has 2 rings (SSSR count). The van der Waals surface area contributed by atoms with Crippen molar-refractivity contribution in [2.24, 2.45) is 0 Å². The van der Waals surface area contributed by atoms with Crippen LogP contribution in [0.15, 0.2) is 12.7 Å². The van der Waals surface area contributed by atoms with Crippen molar-refractivity contribution in [2.75, 3.05) is 39.3 Å². The first kappa shape index (κ1) is 16.3. The minimum absolute atomic E-state index is 0.159. The lowest BCUT2D eigenvalue weighted by Gasteiger charge is -2.37. The number of hydrogen-bond donors (Lipinski definition) is 1. The van der Waals surface area contributed by atoms with Crippen molar-refractivity contribution in [1.29, 1.82) is 0 Å². The van der Waals surface area contributed by atoms with Gasteiger partial charge in [0.2, 0.25) is 0 Å². The van der Waals surface area contributed by atoms with Crippen LogP contribution >= 0.6 is 0 Å². The fraction of sp³-hybridized carbons (Fsp3) is 0.812. The minimum atomic E-state index is -0.159. The fourth-order valence-electron chi connectivity index (χ4n) is 3.24. The van der Waals surface area contributed by atoms with Crippen molar-refractivity contribution in [3.63, 3.8) is 0 Å². The van der Waals surface area contributed by atoms with Crippen LogP contribution < -0.4 is 5.32 Å². The maximum atomic E-state index is 11.7. The number of rotatable bonds is 5. The number of nitrogens with zero attached hydrogens (tertiary/aromatic N) is 2. The van der Waals surface area contributed by atoms with Crippen LogP contribution in [0.3, 0.4) is 0 Å². The van der Waals surface area contributed by atoms with Crippen LogP contribution in [0.5, 0.6) is 0 Å². The summed E-state index contributed by atoms with van der Waals surface area (Å²) in [6.45, 7) is 11.1. The van der Waals surface area contributed by atoms with Gasteiger partial charge in [-0.05, 0) is 45.7 Å². The Bertz CT molecular complexity index is 332. The number of nitrogens with one attached hydrogen (secondary N) is 1. The van der Waals surface area contributed by atoms with Gasteiger partial charge in [-0.2, -0.15) is 0 Å². The molecule has 5 heteroatoms. The number of carbonyl (C=O) groups is 1. The van der Waals surface area contributed by atoms with Crippen LogP contribution in [0.25, 0.3) is 0 Å². The van der Waals surface area contributed by atoms with Crippen molar-refractivity contribution in [2.45, 2.75) is 44.7 Å². The highest BCUT2D eigenvalue weighted by Gasteiger charge is 2.26. The maximum Gasteiger partial charge on any atom is 0.409 e. The van der Waals surface area contributed by atoms with E-state index in [2.05, 4.69) is 16.8 Å². The quantitative estimate of drug-likeness (QED) is 0.786. The van der Waals surface area contributed by atoms with Gasteiger partial charge in [-0.15, -0.1) is 6.58 Å². The molecule has 0 spiro atoms. The third kappa shape index (κ3) is 5.00. The molecule has 120 valence electrons. The topological polar surface area (TPSA) is 44.8 Å². The molecular formula is C16H29N3O2. The molecule has 2 fully saturated rings. The Morgan fingerprint density at radius 2 is 1.76 bits per heavy atom. The summed E-state index contributed by atoms with van der Waals surface area (Å²) in [7, 11) is 0. The van der Waals surface area contributed by atoms with E-state index in [9.17, 15) is 4.79 Å². The van der Waals surface area contributed by atoms with E-state index in [1.807, 2.05) is 17.9 Å². The molecule has 21 heavy (non-hydrogen) atoms. The molecule has 0 aromatic heterocycles. The highest BCUT2D eigenvalue weighted by atomic mass is 16.6. The summed E-state index contributed by atoms with van der Waals surface area (Å²) >= 11 is 0. The fourth-order valence-corrected chi connectivity index (χ4v) is 3.24. The molecule has 0 unspecified atom stereocenters. The van der Waals surface area contributed by atoms with Crippen LogP contribution in [0.2, 0.25) is 0 Å². The second-order valence-corrected chi connectivity index (χ2v) is 5.99. The first-order chi connectivity index (χ1) is 10.2. The lowest BCUT2D eigenvalue weighted by molar-refractivity contribution is 0.0927. The van der Waals surface area contributed by atoms with Gasteiger partial charge in [-0.1, -0.05) is 6.08 Å². The normalized spacial score (nSPS) is 22.2. The second-order valence-electron chi connectivity index (χ2n) is 5.99. The van der Waals surface area contributed by atoms with Gasteiger partial charge < -0.3 is 15.0 Å². The minimum Gasteiger partial charge on any atom is -0.450 e. The van der Waals surface area contributed by atoms with Crippen molar-refractivity contribution >= 4 is 6.09 Å². The lowest BCUT2D eigenvalue weighted by Crippen LogP contribution is -2.50. The summed E-state index contributed by atoms with van der Waals surface area (Å²) in [5, 5.41) is 3.78. The molecule has 0 radical (unpaired) electrons. The molecule has 0 aromatic rings. The predicted molar refractivity (Wildman–Crippen MR) is 84.4 cm³/mol. The average molecular weight is 295 g/mol. The number of amides is 1. The molecule has 0 atom stereocenters. The molecule has 1 N–H and O–H groups in total. The van der Waals surface area contributed by atoms with E-state index < -0.39 is 0 Å². The Morgan fingerprint density at radius 1 is 1.19 bits per heavy atom. The molecular weight excluding hydrogens is 266 g/mol. The largest absolute Gasteiger partial charge is 0.450 e. The molecule has 0 bridgehead atoms. The molecule has 2 aliphatic heterocycles. The van der Waals surface area contributed by atoms with E-state index in [0.717, 1.165) is 45.6 Å². The van der Waals surface area contributed by atoms with Gasteiger partial charge in [-0.3, -0.25) is 4.90 Å². The summed E-state index contributed by atoms with van der Waals surface area (Å²) in [5.41, 5.74) is 0. The highest BCUT2D eigenvalue weighted by molar-refractivity contribution is 5.67. The van der Waals surface area contributed by atoms with Crippen LogP contribution in [-0.4, -0.2) is 67.3 Å². The molecule has 2 heterocycles. The van der Waals surface area contributed by atoms with E-state index in [1.165, 1.54) is 12.8 Å². The third-order valence-corrected chi connectivity index (χ3v) is 4.47. The molecule has 2 saturated heterocycles. The van der Waals surface area contributed by atoms with Crippen LogP contribution in [-0.2, 0) is 4.74 Å². The number of piperidine rings is 2. The molecule has 2 aliphatic rings. The molecule has 1 amide bonds. The van der Waals surface area contributed by atoms with Crippen LogP contribution in [0, 0.1) is 0 Å². The Hall–Kier alpha value is -1.07. The van der Waals surface area contributed by atoms with E-state index >= 15 is 0 Å². The number of hydrogen-bond acceptors (Lipinski definition) is 4. The zero-order valence-electron chi connectivity index (χ0n) is 13.2. The SMILES string of the molecule is C=CCN1CCC(NC2CCN(C(=O)OCC)CC2)CC1. The van der Waals surface area contributed by atoms with Gasteiger partial charge in [0.05, 0.1) is 6.61 Å². The number of ether oxygens (including phenoxy) is 1. The zero-order valence-corrected chi connectivity index (χ0v) is 13.2. The second kappa shape index (κ2) is 8.39. The standard InChI is InChI=1S/C16H29N3O2/c1-3-9-18-10-5-14(6-11-18)17-15-7-12-19(13-8-15)16(20)21-4-2/h3,14-15,17H,1,4-13H2,2H3. The van der Waals surface area contributed by atoms with Crippen molar-refractivity contribution in [3.05, 3.63) is 12.7 Å². The van der Waals surface area contributed by atoms with Crippen molar-refractivity contribution in [1.82, 2.24) is 15.1 Å². The Kier molecular flexibility index (Phi) is 6.51. The maximum absolute atomic E-state index is 11.7. The van der Waals surface area contributed by atoms with Crippen LogP contribution in [0.4, 0.5) is 4.79 Å². The number of likely N-dealkylation sites (tertiary alicyclic amines) is 2. The molecule has 0 aromatic carbocycles. The summed E-state index contributed by atoms with van der Waals surface area (Å²) in [5.74, 6) is 0. The van der Waals surface area contributed by atoms with E-state index in [0.29, 0.717) is 18.7 Å². The summed E-state index contributed by atoms with van der Waals surface area (Å²) in [6.07, 6.45) is 6.32. The monoisotopic (exact) mass is 295 g/mol. The average Bonchev–Trinajstić information content (AvgIpc) is 2.50. The van der Waals surface area contributed by atoms with Crippen molar-refractivity contribution < 1.29 is 9.53 Å². The Morgan fingerprint density at radius 3 is 2.29 bits per heavy atom.